The Hall–Kier alpha value is -1.18. The lowest BCUT2D eigenvalue weighted by molar-refractivity contribution is 0.287. The Balaban J connectivity index is 2.35. The van der Waals surface area contributed by atoms with E-state index in [1.54, 1.807) is 0 Å². The highest BCUT2D eigenvalue weighted by molar-refractivity contribution is 5.24. The third-order valence-corrected chi connectivity index (χ3v) is 1.93. The second-order valence-electron chi connectivity index (χ2n) is 2.72. The Morgan fingerprint density at radius 3 is 3.00 bits per heavy atom. The number of allylic oxidation sites excluding steroid dienone is 2. The number of hydrogen-bond acceptors (Lipinski definition) is 2. The summed E-state index contributed by atoms with van der Waals surface area (Å²) in [6, 6.07) is 0. The average molecular weight is 134 g/mol. The molecule has 0 saturated heterocycles. The first-order chi connectivity index (χ1) is 4.81. The van der Waals surface area contributed by atoms with E-state index in [1.807, 2.05) is 18.5 Å². The van der Waals surface area contributed by atoms with Crippen molar-refractivity contribution in [3.8, 4) is 0 Å². The van der Waals surface area contributed by atoms with Gasteiger partial charge in [0.05, 0.1) is 0 Å². The third kappa shape index (κ3) is 0.588. The molecule has 10 heavy (non-hydrogen) atoms. The normalized spacial score (nSPS) is 34.3. The van der Waals surface area contributed by atoms with Crippen LogP contribution < -0.4 is 5.32 Å². The summed E-state index contributed by atoms with van der Waals surface area (Å²) in [5.41, 5.74) is -0.00521. The predicted molar refractivity (Wildman–Crippen MR) is 40.8 cm³/mol. The van der Waals surface area contributed by atoms with Crippen molar-refractivity contribution < 1.29 is 0 Å². The number of nitrogens with one attached hydrogen (secondary N) is 1. The van der Waals surface area contributed by atoms with Crippen LogP contribution in [0.25, 0.3) is 0 Å². The molecule has 0 saturated carbocycles. The standard InChI is InChI=1S/C8H10N2/c1-8-4-2-3-6-10(8)7-5-9-8/h2-7,9H,1H3. The maximum Gasteiger partial charge on any atom is 0.130 e. The first kappa shape index (κ1) is 5.59. The van der Waals surface area contributed by atoms with E-state index in [9.17, 15) is 0 Å². The summed E-state index contributed by atoms with van der Waals surface area (Å²) in [6.45, 7) is 2.13. The van der Waals surface area contributed by atoms with E-state index in [1.165, 1.54) is 0 Å². The Morgan fingerprint density at radius 1 is 1.30 bits per heavy atom. The molecule has 0 aromatic carbocycles. The van der Waals surface area contributed by atoms with Crippen molar-refractivity contribution in [2.24, 2.45) is 0 Å². The minimum Gasteiger partial charge on any atom is -0.364 e. The Bertz CT molecular complexity index is 227. The molecule has 0 bridgehead atoms. The van der Waals surface area contributed by atoms with Crippen LogP contribution in [0.5, 0.6) is 0 Å². The highest BCUT2D eigenvalue weighted by atomic mass is 15.3. The van der Waals surface area contributed by atoms with Crippen LogP contribution in [0.15, 0.2) is 36.8 Å². The lowest BCUT2D eigenvalue weighted by Crippen LogP contribution is -2.44. The van der Waals surface area contributed by atoms with Crippen LogP contribution in [0, 0.1) is 0 Å². The van der Waals surface area contributed by atoms with Crippen LogP contribution in [0.2, 0.25) is 0 Å². The summed E-state index contributed by atoms with van der Waals surface area (Å²) in [7, 11) is 0. The topological polar surface area (TPSA) is 15.3 Å². The van der Waals surface area contributed by atoms with Crippen molar-refractivity contribution in [3.05, 3.63) is 36.8 Å². The van der Waals surface area contributed by atoms with Crippen molar-refractivity contribution in [1.82, 2.24) is 10.2 Å². The van der Waals surface area contributed by atoms with Crippen LogP contribution in [0.4, 0.5) is 0 Å². The summed E-state index contributed by atoms with van der Waals surface area (Å²) >= 11 is 0. The molecule has 2 aliphatic heterocycles. The van der Waals surface area contributed by atoms with Gasteiger partial charge in [0, 0.05) is 18.6 Å². The molecule has 0 amide bonds. The Labute approximate surface area is 60.5 Å². The van der Waals surface area contributed by atoms with Crippen molar-refractivity contribution in [2.45, 2.75) is 12.6 Å². The molecule has 0 radical (unpaired) electrons. The van der Waals surface area contributed by atoms with Gasteiger partial charge >= 0.3 is 0 Å². The third-order valence-electron chi connectivity index (χ3n) is 1.93. The number of rotatable bonds is 0. The van der Waals surface area contributed by atoms with Crippen molar-refractivity contribution in [1.29, 1.82) is 0 Å². The van der Waals surface area contributed by atoms with Crippen LogP contribution in [0.3, 0.4) is 0 Å². The molecule has 0 spiro atoms. The van der Waals surface area contributed by atoms with Crippen molar-refractivity contribution >= 4 is 0 Å². The summed E-state index contributed by atoms with van der Waals surface area (Å²) in [4.78, 5) is 2.13. The van der Waals surface area contributed by atoms with Crippen LogP contribution >= 0.6 is 0 Å². The minimum atomic E-state index is -0.00521. The molecular weight excluding hydrogens is 124 g/mol. The second kappa shape index (κ2) is 1.66. The van der Waals surface area contributed by atoms with Gasteiger partial charge in [-0.2, -0.15) is 0 Å². The van der Waals surface area contributed by atoms with Gasteiger partial charge < -0.3 is 10.2 Å². The fourth-order valence-corrected chi connectivity index (χ4v) is 1.24. The second-order valence-corrected chi connectivity index (χ2v) is 2.72. The van der Waals surface area contributed by atoms with E-state index in [0.29, 0.717) is 0 Å². The number of fused-ring (bicyclic) bond motifs is 1. The van der Waals surface area contributed by atoms with E-state index in [0.717, 1.165) is 0 Å². The molecular formula is C8H10N2. The highest BCUT2D eigenvalue weighted by Crippen LogP contribution is 2.22. The Morgan fingerprint density at radius 2 is 2.20 bits per heavy atom. The molecule has 0 aromatic rings. The van der Waals surface area contributed by atoms with Gasteiger partial charge in [-0.3, -0.25) is 0 Å². The van der Waals surface area contributed by atoms with Gasteiger partial charge in [-0.05, 0) is 19.1 Å². The lowest BCUT2D eigenvalue weighted by atomic mass is 10.1. The van der Waals surface area contributed by atoms with E-state index >= 15 is 0 Å². The zero-order valence-corrected chi connectivity index (χ0v) is 5.91. The molecule has 0 aliphatic carbocycles. The maximum atomic E-state index is 3.24. The van der Waals surface area contributed by atoms with E-state index in [4.69, 9.17) is 0 Å². The summed E-state index contributed by atoms with van der Waals surface area (Å²) in [5.74, 6) is 0. The van der Waals surface area contributed by atoms with Crippen LogP contribution in [0.1, 0.15) is 6.92 Å². The molecule has 2 heterocycles. The van der Waals surface area contributed by atoms with Gasteiger partial charge in [-0.15, -0.1) is 0 Å². The fourth-order valence-electron chi connectivity index (χ4n) is 1.24. The average Bonchev–Trinajstić information content (AvgIpc) is 2.29. The quantitative estimate of drug-likeness (QED) is 0.535. The van der Waals surface area contributed by atoms with E-state index in [2.05, 4.69) is 35.5 Å². The van der Waals surface area contributed by atoms with E-state index in [-0.39, 0.29) is 5.66 Å². The van der Waals surface area contributed by atoms with Crippen LogP contribution in [-0.4, -0.2) is 10.6 Å². The molecule has 2 heteroatoms. The SMILES string of the molecule is CC12C=CC=CN1C=CN2. The first-order valence-corrected chi connectivity index (χ1v) is 3.40. The van der Waals surface area contributed by atoms with Gasteiger partial charge in [0.25, 0.3) is 0 Å². The molecule has 2 nitrogen and oxygen atoms in total. The first-order valence-electron chi connectivity index (χ1n) is 3.40. The van der Waals surface area contributed by atoms with Gasteiger partial charge in [-0.1, -0.05) is 6.08 Å². The monoisotopic (exact) mass is 134 g/mol. The molecule has 2 aliphatic rings. The van der Waals surface area contributed by atoms with E-state index < -0.39 is 0 Å². The van der Waals surface area contributed by atoms with Gasteiger partial charge in [0.2, 0.25) is 0 Å². The van der Waals surface area contributed by atoms with Gasteiger partial charge in [-0.25, -0.2) is 0 Å². The summed E-state index contributed by atoms with van der Waals surface area (Å²) in [6.07, 6.45) is 12.2. The molecule has 1 N–H and O–H groups in total. The maximum absolute atomic E-state index is 3.24. The molecule has 52 valence electrons. The molecule has 2 rings (SSSR count). The van der Waals surface area contributed by atoms with Gasteiger partial charge in [0.15, 0.2) is 0 Å². The zero-order chi connectivity index (χ0) is 7.03. The minimum absolute atomic E-state index is 0.00521. The highest BCUT2D eigenvalue weighted by Gasteiger charge is 2.28. The van der Waals surface area contributed by atoms with Crippen molar-refractivity contribution in [2.75, 3.05) is 0 Å². The number of hydrogen-bond donors (Lipinski definition) is 1. The molecule has 1 atom stereocenters. The predicted octanol–water partition coefficient (Wildman–Crippen LogP) is 1.16. The van der Waals surface area contributed by atoms with Crippen molar-refractivity contribution in [3.63, 3.8) is 0 Å². The van der Waals surface area contributed by atoms with Crippen LogP contribution in [-0.2, 0) is 0 Å². The smallest absolute Gasteiger partial charge is 0.130 e. The lowest BCUT2D eigenvalue weighted by Gasteiger charge is -2.32. The largest absolute Gasteiger partial charge is 0.364 e. The summed E-state index contributed by atoms with van der Waals surface area (Å²) in [5, 5.41) is 3.24. The zero-order valence-electron chi connectivity index (χ0n) is 5.91. The van der Waals surface area contributed by atoms with Gasteiger partial charge in [0.1, 0.15) is 5.66 Å². The Kier molecular flexibility index (Phi) is 0.926. The fraction of sp³-hybridized carbons (Fsp3) is 0.250. The molecule has 0 aromatic heterocycles. The molecule has 1 unspecified atom stereocenters. The molecule has 0 fully saturated rings. The summed E-state index contributed by atoms with van der Waals surface area (Å²) < 4.78 is 0. The number of nitrogens with zero attached hydrogens (tertiary/aromatic N) is 1.